The number of methoxy groups -OCH3 is 1. The Kier molecular flexibility index (Phi) is 5.91. The Balaban J connectivity index is 1.99. The van der Waals surface area contributed by atoms with E-state index < -0.39 is 40.9 Å². The van der Waals surface area contributed by atoms with E-state index in [-0.39, 0.29) is 22.4 Å². The van der Waals surface area contributed by atoms with Gasteiger partial charge in [-0.05, 0) is 66.9 Å². The van der Waals surface area contributed by atoms with Crippen LogP contribution >= 0.6 is 0 Å². The summed E-state index contributed by atoms with van der Waals surface area (Å²) in [5.74, 6) is -4.55. The molecule has 1 saturated heterocycles. The Labute approximate surface area is 193 Å². The third kappa shape index (κ3) is 3.81. The van der Waals surface area contributed by atoms with Crippen LogP contribution in [0.1, 0.15) is 28.3 Å². The number of rotatable bonds is 4. The average Bonchev–Trinajstić information content (AvgIpc) is 3.05. The molecule has 5 nitrogen and oxygen atoms in total. The number of benzene rings is 3. The van der Waals surface area contributed by atoms with E-state index in [9.17, 15) is 27.9 Å². The van der Waals surface area contributed by atoms with Crippen molar-refractivity contribution in [3.63, 3.8) is 0 Å². The molecule has 3 aromatic carbocycles. The minimum Gasteiger partial charge on any atom is -0.507 e. The Bertz CT molecular complexity index is 1350. The lowest BCUT2D eigenvalue weighted by molar-refractivity contribution is -0.132. The minimum absolute atomic E-state index is 0.258. The van der Waals surface area contributed by atoms with E-state index in [1.165, 1.54) is 19.2 Å². The molecule has 1 unspecified atom stereocenters. The number of hydrogen-bond acceptors (Lipinski definition) is 4. The zero-order valence-corrected chi connectivity index (χ0v) is 18.5. The van der Waals surface area contributed by atoms with E-state index in [4.69, 9.17) is 4.74 Å². The summed E-state index contributed by atoms with van der Waals surface area (Å²) in [6.45, 7) is 3.44. The fourth-order valence-electron chi connectivity index (χ4n) is 4.13. The number of aliphatic hydroxyl groups is 1. The SMILES string of the molecule is COc1cc(C)c(/C(O)=C2\C(=O)C(=O)N(c3ccc(F)cc3F)C2c2ccc(F)cc2)cc1C. The molecule has 0 spiro atoms. The highest BCUT2D eigenvalue weighted by Gasteiger charge is 2.48. The molecule has 0 aromatic heterocycles. The Morgan fingerprint density at radius 3 is 2.18 bits per heavy atom. The molecular weight excluding hydrogens is 447 g/mol. The zero-order chi connectivity index (χ0) is 24.7. The number of carbonyl (C=O) groups is 2. The van der Waals surface area contributed by atoms with E-state index in [0.29, 0.717) is 22.9 Å². The lowest BCUT2D eigenvalue weighted by Crippen LogP contribution is -2.30. The first-order valence-corrected chi connectivity index (χ1v) is 10.3. The first-order valence-electron chi connectivity index (χ1n) is 10.3. The molecule has 34 heavy (non-hydrogen) atoms. The van der Waals surface area contributed by atoms with Crippen LogP contribution in [0.25, 0.3) is 5.76 Å². The summed E-state index contributed by atoms with van der Waals surface area (Å²) in [5.41, 5.74) is 1.13. The lowest BCUT2D eigenvalue weighted by atomic mass is 9.93. The molecule has 0 radical (unpaired) electrons. The van der Waals surface area contributed by atoms with Crippen molar-refractivity contribution in [3.8, 4) is 5.75 Å². The summed E-state index contributed by atoms with van der Waals surface area (Å²) in [5, 5.41) is 11.3. The second kappa shape index (κ2) is 8.70. The number of aliphatic hydroxyl groups excluding tert-OH is 1. The molecule has 3 aromatic rings. The fraction of sp³-hybridized carbons (Fsp3) is 0.154. The van der Waals surface area contributed by atoms with Crippen LogP contribution in [0.3, 0.4) is 0 Å². The van der Waals surface area contributed by atoms with Crippen LogP contribution in [0.5, 0.6) is 5.75 Å². The molecule has 1 fully saturated rings. The van der Waals surface area contributed by atoms with Gasteiger partial charge in [0.05, 0.1) is 24.4 Å². The predicted molar refractivity (Wildman–Crippen MR) is 120 cm³/mol. The van der Waals surface area contributed by atoms with Crippen molar-refractivity contribution in [2.75, 3.05) is 12.0 Å². The van der Waals surface area contributed by atoms with Crippen molar-refractivity contribution in [2.45, 2.75) is 19.9 Å². The highest BCUT2D eigenvalue weighted by molar-refractivity contribution is 6.51. The second-order valence-corrected chi connectivity index (χ2v) is 7.95. The first-order chi connectivity index (χ1) is 16.1. The number of Topliss-reactive ketones (excluding diaryl/α,β-unsaturated/α-hetero) is 1. The molecular formula is C26H20F3NO4. The van der Waals surface area contributed by atoms with Crippen LogP contribution in [0, 0.1) is 31.3 Å². The van der Waals surface area contributed by atoms with Crippen molar-refractivity contribution in [1.82, 2.24) is 0 Å². The van der Waals surface area contributed by atoms with Crippen molar-refractivity contribution in [2.24, 2.45) is 0 Å². The number of aryl methyl sites for hydroxylation is 2. The Morgan fingerprint density at radius 2 is 1.56 bits per heavy atom. The molecule has 1 atom stereocenters. The largest absolute Gasteiger partial charge is 0.507 e. The maximum Gasteiger partial charge on any atom is 0.300 e. The molecule has 1 aliphatic heterocycles. The summed E-state index contributed by atoms with van der Waals surface area (Å²) in [7, 11) is 1.50. The minimum atomic E-state index is -1.28. The van der Waals surface area contributed by atoms with Crippen LogP contribution in [0.15, 0.2) is 60.2 Å². The van der Waals surface area contributed by atoms with Gasteiger partial charge in [0.15, 0.2) is 0 Å². The molecule has 1 heterocycles. The highest BCUT2D eigenvalue weighted by atomic mass is 19.1. The standard InChI is InChI=1S/C26H20F3NO4/c1-13-11-21(34-3)14(2)10-18(13)24(31)22-23(15-4-6-16(27)7-5-15)30(26(33)25(22)32)20-9-8-17(28)12-19(20)29/h4-12,23,31H,1-3H3/b24-22+. The lowest BCUT2D eigenvalue weighted by Gasteiger charge is -2.26. The van der Waals surface area contributed by atoms with Crippen molar-refractivity contribution in [1.29, 1.82) is 0 Å². The van der Waals surface area contributed by atoms with Gasteiger partial charge in [-0.3, -0.25) is 14.5 Å². The second-order valence-electron chi connectivity index (χ2n) is 7.95. The molecule has 4 rings (SSSR count). The van der Waals surface area contributed by atoms with Gasteiger partial charge >= 0.3 is 0 Å². The molecule has 1 aliphatic rings. The molecule has 0 aliphatic carbocycles. The van der Waals surface area contributed by atoms with Gasteiger partial charge in [0.2, 0.25) is 0 Å². The van der Waals surface area contributed by atoms with Crippen LogP contribution in [-0.4, -0.2) is 23.9 Å². The predicted octanol–water partition coefficient (Wildman–Crippen LogP) is 5.36. The Morgan fingerprint density at radius 1 is 0.912 bits per heavy atom. The third-order valence-electron chi connectivity index (χ3n) is 5.80. The smallest absolute Gasteiger partial charge is 0.300 e. The summed E-state index contributed by atoms with van der Waals surface area (Å²) in [4.78, 5) is 27.1. The molecule has 0 bridgehead atoms. The molecule has 0 saturated carbocycles. The van der Waals surface area contributed by atoms with Crippen molar-refractivity contribution < 1.29 is 32.6 Å². The van der Waals surface area contributed by atoms with Crippen LogP contribution < -0.4 is 9.64 Å². The van der Waals surface area contributed by atoms with E-state index >= 15 is 0 Å². The number of halogens is 3. The number of hydrogen-bond donors (Lipinski definition) is 1. The number of amides is 1. The summed E-state index contributed by atoms with van der Waals surface area (Å²) in [6.07, 6.45) is 0. The Hall–Kier alpha value is -4.07. The third-order valence-corrected chi connectivity index (χ3v) is 5.80. The number of ether oxygens (including phenoxy) is 1. The van der Waals surface area contributed by atoms with Gasteiger partial charge in [0, 0.05) is 11.6 Å². The van der Waals surface area contributed by atoms with Crippen LogP contribution in [0.4, 0.5) is 18.9 Å². The summed E-state index contributed by atoms with van der Waals surface area (Å²) >= 11 is 0. The van der Waals surface area contributed by atoms with E-state index in [2.05, 4.69) is 0 Å². The molecule has 174 valence electrons. The van der Waals surface area contributed by atoms with Gasteiger partial charge in [0.1, 0.15) is 29.0 Å². The fourth-order valence-corrected chi connectivity index (χ4v) is 4.13. The normalized spacial score (nSPS) is 17.4. The number of nitrogens with zero attached hydrogens (tertiary/aromatic N) is 1. The van der Waals surface area contributed by atoms with Crippen molar-refractivity contribution in [3.05, 3.63) is 99.9 Å². The van der Waals surface area contributed by atoms with E-state index in [1.54, 1.807) is 26.0 Å². The highest BCUT2D eigenvalue weighted by Crippen LogP contribution is 2.43. The number of carbonyl (C=O) groups excluding carboxylic acids is 2. The maximum absolute atomic E-state index is 14.7. The maximum atomic E-state index is 14.7. The monoisotopic (exact) mass is 467 g/mol. The quantitative estimate of drug-likeness (QED) is 0.319. The van der Waals surface area contributed by atoms with Crippen molar-refractivity contribution >= 4 is 23.1 Å². The van der Waals surface area contributed by atoms with Crippen LogP contribution in [-0.2, 0) is 9.59 Å². The van der Waals surface area contributed by atoms with Gasteiger partial charge in [-0.1, -0.05) is 12.1 Å². The van der Waals surface area contributed by atoms with E-state index in [0.717, 1.165) is 29.2 Å². The van der Waals surface area contributed by atoms with Gasteiger partial charge < -0.3 is 9.84 Å². The zero-order valence-electron chi connectivity index (χ0n) is 18.5. The molecule has 1 N–H and O–H groups in total. The molecule has 1 amide bonds. The van der Waals surface area contributed by atoms with Crippen LogP contribution in [0.2, 0.25) is 0 Å². The topological polar surface area (TPSA) is 66.8 Å². The first kappa shape index (κ1) is 23.1. The molecule has 8 heteroatoms. The average molecular weight is 467 g/mol. The van der Waals surface area contributed by atoms with Gasteiger partial charge in [-0.2, -0.15) is 0 Å². The number of ketones is 1. The van der Waals surface area contributed by atoms with Gasteiger partial charge in [0.25, 0.3) is 11.7 Å². The van der Waals surface area contributed by atoms with Gasteiger partial charge in [-0.25, -0.2) is 13.2 Å². The van der Waals surface area contributed by atoms with E-state index in [1.807, 2.05) is 0 Å². The van der Waals surface area contributed by atoms with Gasteiger partial charge in [-0.15, -0.1) is 0 Å². The summed E-state index contributed by atoms with van der Waals surface area (Å²) < 4.78 is 47.2. The summed E-state index contributed by atoms with van der Waals surface area (Å²) in [6, 6.07) is 9.50. The number of anilines is 1.